The molecule has 0 aliphatic rings. The molecule has 2 rings (SSSR count). The van der Waals surface area contributed by atoms with Crippen LogP contribution in [0.4, 0.5) is 5.82 Å². The van der Waals surface area contributed by atoms with Gasteiger partial charge in [-0.15, -0.1) is 0 Å². The van der Waals surface area contributed by atoms with Crippen LogP contribution in [0.2, 0.25) is 0 Å². The van der Waals surface area contributed by atoms with E-state index in [-0.39, 0.29) is 0 Å². The summed E-state index contributed by atoms with van der Waals surface area (Å²) < 4.78 is 0.939. The first-order valence-electron chi connectivity index (χ1n) is 5.36. The Balaban J connectivity index is 2.52. The van der Waals surface area contributed by atoms with E-state index in [1.165, 1.54) is 0 Å². The molecule has 0 unspecified atom stereocenters. The number of aryl methyl sites for hydroxylation is 2. The number of halogens is 1. The first-order valence-corrected chi connectivity index (χ1v) is 6.44. The molecule has 0 radical (unpaired) electrons. The minimum Gasteiger partial charge on any atom is -0.383 e. The molecule has 0 saturated heterocycles. The van der Waals surface area contributed by atoms with Crippen LogP contribution < -0.4 is 5.73 Å². The quantitative estimate of drug-likeness (QED) is 0.854. The Morgan fingerprint density at radius 2 is 2.06 bits per heavy atom. The number of aromatic nitrogens is 3. The molecule has 2 aromatic rings. The van der Waals surface area contributed by atoms with Crippen molar-refractivity contribution in [3.8, 4) is 11.4 Å². The number of pyridine rings is 1. The van der Waals surface area contributed by atoms with Gasteiger partial charge in [0.2, 0.25) is 0 Å². The lowest BCUT2D eigenvalue weighted by Crippen LogP contribution is -2.04. The van der Waals surface area contributed by atoms with E-state index in [4.69, 9.17) is 5.73 Å². The number of rotatable bonds is 2. The maximum atomic E-state index is 5.89. The third-order valence-corrected chi connectivity index (χ3v) is 3.63. The Labute approximate surface area is 114 Å². The van der Waals surface area contributed by atoms with E-state index in [2.05, 4.69) is 44.5 Å². The first-order chi connectivity index (χ1) is 8.11. The Kier molecular flexibility index (Phi) is 3.56. The zero-order valence-corrected chi connectivity index (χ0v) is 11.9. The van der Waals surface area contributed by atoms with Crippen molar-refractivity contribution in [2.24, 2.45) is 0 Å². The average molecular weight is 340 g/mol. The topological polar surface area (TPSA) is 64.7 Å². The number of nitrogens with zero attached hydrogens (tertiary/aromatic N) is 3. The summed E-state index contributed by atoms with van der Waals surface area (Å²) in [6.45, 7) is 4.01. The first kappa shape index (κ1) is 12.2. The van der Waals surface area contributed by atoms with Gasteiger partial charge in [-0.05, 0) is 48.1 Å². The van der Waals surface area contributed by atoms with Crippen LogP contribution in [0.5, 0.6) is 0 Å². The monoisotopic (exact) mass is 340 g/mol. The number of nitrogens with two attached hydrogens (primary N) is 1. The molecule has 0 bridgehead atoms. The van der Waals surface area contributed by atoms with E-state index >= 15 is 0 Å². The van der Waals surface area contributed by atoms with Crippen LogP contribution in [0, 0.1) is 10.5 Å². The highest BCUT2D eigenvalue weighted by molar-refractivity contribution is 14.1. The molecule has 0 atom stereocenters. The summed E-state index contributed by atoms with van der Waals surface area (Å²) in [5.41, 5.74) is 8.74. The molecule has 0 saturated carbocycles. The Bertz CT molecular complexity index is 537. The van der Waals surface area contributed by atoms with Gasteiger partial charge >= 0.3 is 0 Å². The number of anilines is 1. The summed E-state index contributed by atoms with van der Waals surface area (Å²) in [4.78, 5) is 13.1. The van der Waals surface area contributed by atoms with Gasteiger partial charge in [-0.1, -0.05) is 6.92 Å². The molecular formula is C12H13IN4. The summed E-state index contributed by atoms with van der Waals surface area (Å²) in [6.07, 6.45) is 2.62. The molecule has 88 valence electrons. The predicted molar refractivity (Wildman–Crippen MR) is 76.5 cm³/mol. The minimum absolute atomic E-state index is 0.535. The molecule has 2 heterocycles. The molecule has 2 aromatic heterocycles. The van der Waals surface area contributed by atoms with Crippen LogP contribution in [0.3, 0.4) is 0 Å². The second-order valence-corrected chi connectivity index (χ2v) is 4.81. The normalized spacial score (nSPS) is 10.5. The summed E-state index contributed by atoms with van der Waals surface area (Å²) in [6, 6.07) is 3.90. The van der Waals surface area contributed by atoms with E-state index in [1.807, 2.05) is 19.1 Å². The number of hydrogen-bond donors (Lipinski definition) is 1. The lowest BCUT2D eigenvalue weighted by Gasteiger charge is -2.07. The van der Waals surface area contributed by atoms with Gasteiger partial charge in [-0.25, -0.2) is 9.97 Å². The highest BCUT2D eigenvalue weighted by atomic mass is 127. The summed E-state index contributed by atoms with van der Waals surface area (Å²) in [5, 5.41) is 0. The van der Waals surface area contributed by atoms with Gasteiger partial charge in [-0.2, -0.15) is 0 Å². The van der Waals surface area contributed by atoms with Crippen LogP contribution in [0.1, 0.15) is 18.3 Å². The van der Waals surface area contributed by atoms with Gasteiger partial charge in [0.25, 0.3) is 0 Å². The summed E-state index contributed by atoms with van der Waals surface area (Å²) in [7, 11) is 0. The summed E-state index contributed by atoms with van der Waals surface area (Å²) in [5.74, 6) is 1.18. The Hall–Kier alpha value is -1.24. The van der Waals surface area contributed by atoms with Crippen molar-refractivity contribution in [3.63, 3.8) is 0 Å². The second kappa shape index (κ2) is 4.95. The zero-order chi connectivity index (χ0) is 12.4. The lowest BCUT2D eigenvalue weighted by molar-refractivity contribution is 0.992. The van der Waals surface area contributed by atoms with Crippen molar-refractivity contribution in [1.29, 1.82) is 0 Å². The van der Waals surface area contributed by atoms with E-state index in [0.29, 0.717) is 11.6 Å². The fraction of sp³-hybridized carbons (Fsp3) is 0.250. The Morgan fingerprint density at radius 1 is 1.29 bits per heavy atom. The Morgan fingerprint density at radius 3 is 2.65 bits per heavy atom. The molecule has 0 fully saturated rings. The standard InChI is InChI=1S/C12H13IN4/c1-3-9-10(13)11(14)17-12(16-9)8-5-4-7(2)15-6-8/h4-6H,3H2,1-2H3,(H2,14,16,17). The van der Waals surface area contributed by atoms with Crippen LogP contribution >= 0.6 is 22.6 Å². The largest absolute Gasteiger partial charge is 0.383 e. The molecule has 4 nitrogen and oxygen atoms in total. The second-order valence-electron chi connectivity index (χ2n) is 3.73. The molecule has 17 heavy (non-hydrogen) atoms. The van der Waals surface area contributed by atoms with Crippen LogP contribution in [-0.2, 0) is 6.42 Å². The molecule has 0 amide bonds. The highest BCUT2D eigenvalue weighted by Crippen LogP contribution is 2.22. The third-order valence-electron chi connectivity index (χ3n) is 2.45. The van der Waals surface area contributed by atoms with Gasteiger partial charge in [0.05, 0.1) is 9.26 Å². The molecular weight excluding hydrogens is 327 g/mol. The average Bonchev–Trinajstić information content (AvgIpc) is 2.33. The predicted octanol–water partition coefficient (Wildman–Crippen LogP) is 2.60. The van der Waals surface area contributed by atoms with Crippen molar-refractivity contribution in [3.05, 3.63) is 33.3 Å². The number of nitrogen functional groups attached to an aromatic ring is 1. The van der Waals surface area contributed by atoms with Crippen molar-refractivity contribution in [2.75, 3.05) is 5.73 Å². The van der Waals surface area contributed by atoms with Crippen LogP contribution in [0.25, 0.3) is 11.4 Å². The molecule has 2 N–H and O–H groups in total. The number of hydrogen-bond acceptors (Lipinski definition) is 4. The van der Waals surface area contributed by atoms with Crippen LogP contribution in [-0.4, -0.2) is 15.0 Å². The van der Waals surface area contributed by atoms with Gasteiger partial charge < -0.3 is 5.73 Å². The van der Waals surface area contributed by atoms with Gasteiger partial charge in [-0.3, -0.25) is 4.98 Å². The molecule has 0 spiro atoms. The van der Waals surface area contributed by atoms with Crippen molar-refractivity contribution >= 4 is 28.4 Å². The molecule has 0 aromatic carbocycles. The lowest BCUT2D eigenvalue weighted by atomic mass is 10.2. The van der Waals surface area contributed by atoms with E-state index in [9.17, 15) is 0 Å². The van der Waals surface area contributed by atoms with Gasteiger partial charge in [0.1, 0.15) is 5.82 Å². The van der Waals surface area contributed by atoms with Crippen molar-refractivity contribution < 1.29 is 0 Å². The maximum Gasteiger partial charge on any atom is 0.163 e. The van der Waals surface area contributed by atoms with Crippen molar-refractivity contribution in [1.82, 2.24) is 15.0 Å². The molecule has 5 heteroatoms. The van der Waals surface area contributed by atoms with E-state index < -0.39 is 0 Å². The minimum atomic E-state index is 0.535. The van der Waals surface area contributed by atoms with Crippen molar-refractivity contribution in [2.45, 2.75) is 20.3 Å². The fourth-order valence-electron chi connectivity index (χ4n) is 1.48. The van der Waals surface area contributed by atoms with E-state index in [1.54, 1.807) is 6.20 Å². The van der Waals surface area contributed by atoms with E-state index in [0.717, 1.165) is 26.9 Å². The fourth-order valence-corrected chi connectivity index (χ4v) is 2.10. The zero-order valence-electron chi connectivity index (χ0n) is 9.74. The molecule has 0 aliphatic carbocycles. The summed E-state index contributed by atoms with van der Waals surface area (Å²) >= 11 is 2.18. The highest BCUT2D eigenvalue weighted by Gasteiger charge is 2.10. The third kappa shape index (κ3) is 2.54. The van der Waals surface area contributed by atoms with Gasteiger partial charge in [0, 0.05) is 17.5 Å². The smallest absolute Gasteiger partial charge is 0.163 e. The SMILES string of the molecule is CCc1nc(-c2ccc(C)nc2)nc(N)c1I. The maximum absolute atomic E-state index is 5.89. The molecule has 0 aliphatic heterocycles. The van der Waals surface area contributed by atoms with Crippen LogP contribution in [0.15, 0.2) is 18.3 Å². The van der Waals surface area contributed by atoms with Gasteiger partial charge in [0.15, 0.2) is 5.82 Å².